The second kappa shape index (κ2) is 7.67. The lowest BCUT2D eigenvalue weighted by Gasteiger charge is -2.16. The van der Waals surface area contributed by atoms with Crippen LogP contribution < -0.4 is 0 Å². The normalized spacial score (nSPS) is 14.7. The number of carbonyl (C=O) groups excluding carboxylic acids is 4. The number of rotatable bonds is 5. The molecule has 1 heterocycles. The molecule has 0 N–H and O–H groups in total. The zero-order valence-electron chi connectivity index (χ0n) is 14.6. The first-order valence-electron chi connectivity index (χ1n) is 8.21. The van der Waals surface area contributed by atoms with Crippen LogP contribution in [0.5, 0.6) is 0 Å². The number of ketones is 1. The van der Waals surface area contributed by atoms with E-state index in [-0.39, 0.29) is 16.1 Å². The summed E-state index contributed by atoms with van der Waals surface area (Å²) in [6.07, 6.45) is -4.60. The highest BCUT2D eigenvalue weighted by Crippen LogP contribution is 2.30. The second-order valence-electron chi connectivity index (χ2n) is 6.17. The van der Waals surface area contributed by atoms with Crippen LogP contribution in [0, 0.1) is 0 Å². The van der Waals surface area contributed by atoms with Crippen molar-refractivity contribution in [3.8, 4) is 0 Å². The smallest absolute Gasteiger partial charge is 0.292 e. The zero-order valence-corrected chi connectivity index (χ0v) is 15.3. The molecule has 1 fully saturated rings. The molecule has 29 heavy (non-hydrogen) atoms. The quantitative estimate of drug-likeness (QED) is 0.418. The Morgan fingerprint density at radius 1 is 0.931 bits per heavy atom. The number of urea groups is 1. The lowest BCUT2D eigenvalue weighted by atomic mass is 10.1. The zero-order chi connectivity index (χ0) is 21.3. The first-order valence-corrected chi connectivity index (χ1v) is 8.58. The fourth-order valence-corrected chi connectivity index (χ4v) is 3.02. The van der Waals surface area contributed by atoms with Crippen molar-refractivity contribution in [1.82, 2.24) is 9.80 Å². The van der Waals surface area contributed by atoms with E-state index in [0.717, 1.165) is 18.2 Å². The van der Waals surface area contributed by atoms with Crippen molar-refractivity contribution in [3.63, 3.8) is 0 Å². The molecule has 150 valence electrons. The maximum Gasteiger partial charge on any atom is 0.416 e. The molecule has 1 aliphatic rings. The van der Waals surface area contributed by atoms with Crippen molar-refractivity contribution in [3.05, 3.63) is 70.2 Å². The third-order valence-corrected chi connectivity index (χ3v) is 4.54. The van der Waals surface area contributed by atoms with E-state index in [1.165, 1.54) is 24.3 Å². The van der Waals surface area contributed by atoms with E-state index in [9.17, 15) is 32.3 Å². The Balaban J connectivity index is 1.79. The van der Waals surface area contributed by atoms with Crippen LogP contribution in [0.15, 0.2) is 48.5 Å². The van der Waals surface area contributed by atoms with Crippen molar-refractivity contribution in [2.24, 2.45) is 0 Å². The predicted molar refractivity (Wildman–Crippen MR) is 94.9 cm³/mol. The van der Waals surface area contributed by atoms with Gasteiger partial charge in [-0.05, 0) is 29.8 Å². The van der Waals surface area contributed by atoms with Crippen LogP contribution in [-0.2, 0) is 22.3 Å². The van der Waals surface area contributed by atoms with Crippen molar-refractivity contribution in [2.75, 3.05) is 6.54 Å². The lowest BCUT2D eigenvalue weighted by Crippen LogP contribution is -2.37. The molecule has 2 aromatic carbocycles. The van der Waals surface area contributed by atoms with Crippen molar-refractivity contribution >= 4 is 35.2 Å². The van der Waals surface area contributed by atoms with Gasteiger partial charge in [-0.3, -0.25) is 19.3 Å². The van der Waals surface area contributed by atoms with Gasteiger partial charge in [0.2, 0.25) is 0 Å². The van der Waals surface area contributed by atoms with E-state index < -0.39 is 48.5 Å². The minimum absolute atomic E-state index is 0.00797. The van der Waals surface area contributed by atoms with Gasteiger partial charge >= 0.3 is 24.0 Å². The Morgan fingerprint density at radius 2 is 1.59 bits per heavy atom. The summed E-state index contributed by atoms with van der Waals surface area (Å²) in [5.74, 6) is -3.12. The van der Waals surface area contributed by atoms with Gasteiger partial charge in [0.1, 0.15) is 0 Å². The molecule has 0 unspecified atom stereocenters. The molecule has 0 atom stereocenters. The number of amides is 4. The summed E-state index contributed by atoms with van der Waals surface area (Å²) < 4.78 is 38.5. The molecule has 10 heteroatoms. The van der Waals surface area contributed by atoms with Gasteiger partial charge in [-0.25, -0.2) is 9.69 Å². The van der Waals surface area contributed by atoms with Gasteiger partial charge < -0.3 is 0 Å². The molecular weight excluding hydrogens is 413 g/mol. The summed E-state index contributed by atoms with van der Waals surface area (Å²) in [6.45, 7) is -1.25. The van der Waals surface area contributed by atoms with Gasteiger partial charge in [0, 0.05) is 5.56 Å². The van der Waals surface area contributed by atoms with Crippen LogP contribution >= 0.6 is 11.6 Å². The molecule has 0 saturated carbocycles. The number of hydrogen-bond donors (Lipinski definition) is 0. The molecule has 4 amide bonds. The number of carbonyl (C=O) groups is 4. The molecule has 0 radical (unpaired) electrons. The molecule has 0 spiro atoms. The number of benzene rings is 2. The third-order valence-electron chi connectivity index (χ3n) is 4.21. The average Bonchev–Trinajstić information content (AvgIpc) is 2.86. The van der Waals surface area contributed by atoms with Gasteiger partial charge in [-0.1, -0.05) is 35.9 Å². The number of hydrogen-bond acceptors (Lipinski definition) is 4. The Bertz CT molecular complexity index is 1020. The Morgan fingerprint density at radius 3 is 2.24 bits per heavy atom. The second-order valence-corrected chi connectivity index (χ2v) is 6.57. The maximum absolute atomic E-state index is 12.8. The lowest BCUT2D eigenvalue weighted by molar-refractivity contribution is -0.143. The highest BCUT2D eigenvalue weighted by Gasteiger charge is 2.45. The maximum atomic E-state index is 12.8. The number of Topliss-reactive ketones (excluding diaryl/α,β-unsaturated/α-hetero) is 1. The topological polar surface area (TPSA) is 74.8 Å². The van der Waals surface area contributed by atoms with Crippen LogP contribution in [0.4, 0.5) is 18.0 Å². The Kier molecular flexibility index (Phi) is 5.43. The van der Waals surface area contributed by atoms with Crippen LogP contribution in [0.3, 0.4) is 0 Å². The first kappa shape index (κ1) is 20.5. The summed E-state index contributed by atoms with van der Waals surface area (Å²) in [5, 5.41) is 0.115. The van der Waals surface area contributed by atoms with E-state index >= 15 is 0 Å². The summed E-state index contributed by atoms with van der Waals surface area (Å²) in [7, 11) is 0. The van der Waals surface area contributed by atoms with Crippen molar-refractivity contribution < 1.29 is 32.3 Å². The standard InChI is InChI=1S/C19H12ClF3N2O4/c20-14-7-2-1-6-13(14)15(26)10-25-17(28)16(27)24(18(25)29)9-11-4-3-5-12(8-11)19(21,22)23/h1-8H,9-10H2. The largest absolute Gasteiger partial charge is 0.416 e. The molecule has 1 saturated heterocycles. The van der Waals surface area contributed by atoms with Crippen LogP contribution in [0.25, 0.3) is 0 Å². The molecule has 0 aromatic heterocycles. The van der Waals surface area contributed by atoms with Crippen LogP contribution in [0.2, 0.25) is 5.02 Å². The van der Waals surface area contributed by atoms with Gasteiger partial charge in [0.25, 0.3) is 0 Å². The third kappa shape index (κ3) is 4.14. The molecule has 0 bridgehead atoms. The summed E-state index contributed by atoms with van der Waals surface area (Å²) in [4.78, 5) is 50.1. The fraction of sp³-hybridized carbons (Fsp3) is 0.158. The molecular formula is C19H12ClF3N2O4. The first-order chi connectivity index (χ1) is 13.6. The Labute approximate surface area is 167 Å². The predicted octanol–water partition coefficient (Wildman–Crippen LogP) is 3.53. The SMILES string of the molecule is O=C(CN1C(=O)C(=O)N(Cc2cccc(C(F)(F)F)c2)C1=O)c1ccccc1Cl. The van der Waals surface area contributed by atoms with E-state index in [0.29, 0.717) is 9.80 Å². The summed E-state index contributed by atoms with van der Waals surface area (Å²) in [6, 6.07) is 8.94. The number of halogens is 4. The van der Waals surface area contributed by atoms with Crippen molar-refractivity contribution in [2.45, 2.75) is 12.7 Å². The number of nitrogens with zero attached hydrogens (tertiary/aromatic N) is 2. The number of imide groups is 2. The van der Waals surface area contributed by atoms with E-state index in [4.69, 9.17) is 11.6 Å². The Hall–Kier alpha value is -3.20. The van der Waals surface area contributed by atoms with Crippen molar-refractivity contribution in [1.29, 1.82) is 0 Å². The van der Waals surface area contributed by atoms with E-state index in [2.05, 4.69) is 0 Å². The van der Waals surface area contributed by atoms with Gasteiger partial charge in [0.05, 0.1) is 23.7 Å². The molecule has 0 aliphatic carbocycles. The monoisotopic (exact) mass is 424 g/mol. The summed E-state index contributed by atoms with van der Waals surface area (Å²) >= 11 is 5.92. The average molecular weight is 425 g/mol. The molecule has 1 aliphatic heterocycles. The molecule has 6 nitrogen and oxygen atoms in total. The highest BCUT2D eigenvalue weighted by molar-refractivity contribution is 6.45. The fourth-order valence-electron chi connectivity index (χ4n) is 2.77. The minimum atomic E-state index is -4.60. The molecule has 3 rings (SSSR count). The van der Waals surface area contributed by atoms with Gasteiger partial charge in [-0.2, -0.15) is 13.2 Å². The van der Waals surface area contributed by atoms with Gasteiger partial charge in [0.15, 0.2) is 5.78 Å². The van der Waals surface area contributed by atoms with E-state index in [1.807, 2.05) is 0 Å². The highest BCUT2D eigenvalue weighted by atomic mass is 35.5. The van der Waals surface area contributed by atoms with Gasteiger partial charge in [-0.15, -0.1) is 0 Å². The van der Waals surface area contributed by atoms with Crippen LogP contribution in [0.1, 0.15) is 21.5 Å². The molecule has 2 aromatic rings. The number of alkyl halides is 3. The van der Waals surface area contributed by atoms with Crippen LogP contribution in [-0.4, -0.2) is 40.0 Å². The minimum Gasteiger partial charge on any atom is -0.292 e. The summed E-state index contributed by atoms with van der Waals surface area (Å²) in [5.41, 5.74) is -0.877. The van der Waals surface area contributed by atoms with E-state index in [1.54, 1.807) is 6.07 Å².